The van der Waals surface area contributed by atoms with E-state index in [9.17, 15) is 9.59 Å². The minimum atomic E-state index is -0.409. The molecule has 2 atom stereocenters. The van der Waals surface area contributed by atoms with Gasteiger partial charge in [-0.25, -0.2) is 0 Å². The Bertz CT molecular complexity index is 338. The van der Waals surface area contributed by atoms with Gasteiger partial charge >= 0.3 is 11.8 Å². The highest BCUT2D eigenvalue weighted by molar-refractivity contribution is 6.35. The van der Waals surface area contributed by atoms with E-state index in [-0.39, 0.29) is 11.9 Å². The summed E-state index contributed by atoms with van der Waals surface area (Å²) < 4.78 is 0. The van der Waals surface area contributed by atoms with Crippen LogP contribution in [0, 0.1) is 5.92 Å². The van der Waals surface area contributed by atoms with Crippen LogP contribution in [0.1, 0.15) is 45.4 Å². The van der Waals surface area contributed by atoms with Gasteiger partial charge in [0.2, 0.25) is 0 Å². The van der Waals surface area contributed by atoms with Crippen molar-refractivity contribution >= 4 is 11.8 Å². The number of nitrogens with one attached hydrogen (secondary N) is 2. The van der Waals surface area contributed by atoms with Crippen LogP contribution in [0.15, 0.2) is 0 Å². The van der Waals surface area contributed by atoms with Gasteiger partial charge < -0.3 is 15.5 Å². The highest BCUT2D eigenvalue weighted by Crippen LogP contribution is 2.26. The Morgan fingerprint density at radius 1 is 1.20 bits per heavy atom. The number of rotatable bonds is 2. The third-order valence-electron chi connectivity index (χ3n) is 4.52. The van der Waals surface area contributed by atoms with Crippen LogP contribution in [0.25, 0.3) is 0 Å². The smallest absolute Gasteiger partial charge is 0.311 e. The Hall–Kier alpha value is -1.10. The molecule has 2 amide bonds. The minimum absolute atomic E-state index is 0.190. The van der Waals surface area contributed by atoms with Crippen LogP contribution in [0.5, 0.6) is 0 Å². The summed E-state index contributed by atoms with van der Waals surface area (Å²) in [5, 5.41) is 6.19. The molecule has 20 heavy (non-hydrogen) atoms. The first-order valence-electron chi connectivity index (χ1n) is 8.01. The summed E-state index contributed by atoms with van der Waals surface area (Å²) in [6.45, 7) is 5.22. The van der Waals surface area contributed by atoms with Crippen LogP contribution >= 0.6 is 0 Å². The van der Waals surface area contributed by atoms with E-state index in [1.54, 1.807) is 4.90 Å². The first kappa shape index (κ1) is 15.3. The molecule has 1 aliphatic carbocycles. The van der Waals surface area contributed by atoms with Gasteiger partial charge in [0, 0.05) is 25.7 Å². The average Bonchev–Trinajstić information content (AvgIpc) is 2.75. The molecule has 0 spiro atoms. The fraction of sp³-hybridized carbons (Fsp3) is 0.867. The molecule has 1 aliphatic heterocycles. The molecule has 2 N–H and O–H groups in total. The van der Waals surface area contributed by atoms with Crippen LogP contribution < -0.4 is 10.6 Å². The van der Waals surface area contributed by atoms with Crippen molar-refractivity contribution in [3.63, 3.8) is 0 Å². The lowest BCUT2D eigenvalue weighted by atomic mass is 9.84. The van der Waals surface area contributed by atoms with Crippen molar-refractivity contribution in [2.45, 2.75) is 51.5 Å². The maximum atomic E-state index is 12.2. The SMILES string of the molecule is CCC1CCCC(NC(=O)C(=O)N2CCCNCC2)C1. The number of carbonyl (C=O) groups excluding carboxylic acids is 2. The minimum Gasteiger partial charge on any atom is -0.345 e. The van der Waals surface area contributed by atoms with Crippen molar-refractivity contribution in [2.24, 2.45) is 5.92 Å². The molecule has 1 saturated heterocycles. The summed E-state index contributed by atoms with van der Waals surface area (Å²) in [6.07, 6.45) is 6.53. The monoisotopic (exact) mass is 281 g/mol. The maximum absolute atomic E-state index is 12.2. The molecule has 1 heterocycles. The van der Waals surface area contributed by atoms with Gasteiger partial charge in [-0.05, 0) is 31.7 Å². The molecule has 0 bridgehead atoms. The Labute approximate surface area is 121 Å². The first-order valence-corrected chi connectivity index (χ1v) is 8.01. The third kappa shape index (κ3) is 4.20. The Morgan fingerprint density at radius 2 is 2.05 bits per heavy atom. The van der Waals surface area contributed by atoms with E-state index >= 15 is 0 Å². The summed E-state index contributed by atoms with van der Waals surface area (Å²) >= 11 is 0. The molecule has 5 nitrogen and oxygen atoms in total. The van der Waals surface area contributed by atoms with E-state index in [0.29, 0.717) is 19.0 Å². The van der Waals surface area contributed by atoms with Crippen LogP contribution in [0.4, 0.5) is 0 Å². The van der Waals surface area contributed by atoms with Gasteiger partial charge in [-0.2, -0.15) is 0 Å². The summed E-state index contributed by atoms with van der Waals surface area (Å²) in [7, 11) is 0. The molecule has 1 saturated carbocycles. The molecule has 0 radical (unpaired) electrons. The lowest BCUT2D eigenvalue weighted by Gasteiger charge is -2.29. The van der Waals surface area contributed by atoms with Gasteiger partial charge in [0.05, 0.1) is 0 Å². The predicted octanol–water partition coefficient (Wildman–Crippen LogP) is 0.893. The van der Waals surface area contributed by atoms with Gasteiger partial charge in [-0.1, -0.05) is 26.2 Å². The largest absolute Gasteiger partial charge is 0.345 e. The highest BCUT2D eigenvalue weighted by Gasteiger charge is 2.27. The Morgan fingerprint density at radius 3 is 2.85 bits per heavy atom. The molecule has 0 aromatic heterocycles. The first-order chi connectivity index (χ1) is 9.70. The summed E-state index contributed by atoms with van der Waals surface area (Å²) in [6, 6.07) is 0.190. The molecule has 2 unspecified atom stereocenters. The van der Waals surface area contributed by atoms with Crippen LogP contribution in [-0.4, -0.2) is 48.9 Å². The van der Waals surface area contributed by atoms with Crippen molar-refractivity contribution in [3.8, 4) is 0 Å². The van der Waals surface area contributed by atoms with Gasteiger partial charge in [-0.15, -0.1) is 0 Å². The predicted molar refractivity (Wildman–Crippen MR) is 78.2 cm³/mol. The fourth-order valence-corrected chi connectivity index (χ4v) is 3.23. The van der Waals surface area contributed by atoms with Crippen LogP contribution in [0.3, 0.4) is 0 Å². The maximum Gasteiger partial charge on any atom is 0.311 e. The fourth-order valence-electron chi connectivity index (χ4n) is 3.23. The molecule has 2 rings (SSSR count). The van der Waals surface area contributed by atoms with E-state index in [4.69, 9.17) is 0 Å². The van der Waals surface area contributed by atoms with Crippen molar-refractivity contribution in [1.29, 1.82) is 0 Å². The van der Waals surface area contributed by atoms with Crippen molar-refractivity contribution in [2.75, 3.05) is 26.2 Å². The van der Waals surface area contributed by atoms with E-state index in [0.717, 1.165) is 45.2 Å². The molecular formula is C15H27N3O2. The lowest BCUT2D eigenvalue weighted by Crippen LogP contribution is -2.48. The summed E-state index contributed by atoms with van der Waals surface area (Å²) in [5.74, 6) is -0.0625. The second-order valence-corrected chi connectivity index (χ2v) is 6.01. The zero-order chi connectivity index (χ0) is 14.4. The third-order valence-corrected chi connectivity index (χ3v) is 4.52. The van der Waals surface area contributed by atoms with E-state index in [2.05, 4.69) is 17.6 Å². The van der Waals surface area contributed by atoms with E-state index in [1.807, 2.05) is 0 Å². The van der Waals surface area contributed by atoms with Gasteiger partial charge in [0.1, 0.15) is 0 Å². The zero-order valence-electron chi connectivity index (χ0n) is 12.5. The number of hydrogen-bond donors (Lipinski definition) is 2. The summed E-state index contributed by atoms with van der Waals surface area (Å²) in [4.78, 5) is 25.9. The lowest BCUT2D eigenvalue weighted by molar-refractivity contribution is -0.146. The molecule has 2 aliphatic rings. The number of nitrogens with zero attached hydrogens (tertiary/aromatic N) is 1. The molecular weight excluding hydrogens is 254 g/mol. The topological polar surface area (TPSA) is 61.4 Å². The number of carbonyl (C=O) groups is 2. The highest BCUT2D eigenvalue weighted by atomic mass is 16.2. The van der Waals surface area contributed by atoms with Crippen LogP contribution in [-0.2, 0) is 9.59 Å². The van der Waals surface area contributed by atoms with Crippen LogP contribution in [0.2, 0.25) is 0 Å². The molecule has 2 fully saturated rings. The molecule has 114 valence electrons. The van der Waals surface area contributed by atoms with E-state index < -0.39 is 5.91 Å². The molecule has 0 aromatic rings. The standard InChI is InChI=1S/C15H27N3O2/c1-2-12-5-3-6-13(11-12)17-14(19)15(20)18-9-4-7-16-8-10-18/h12-13,16H,2-11H2,1H3,(H,17,19). The average molecular weight is 281 g/mol. The quantitative estimate of drug-likeness (QED) is 0.739. The van der Waals surface area contributed by atoms with Gasteiger partial charge in [0.25, 0.3) is 0 Å². The van der Waals surface area contributed by atoms with Gasteiger partial charge in [0.15, 0.2) is 0 Å². The Balaban J connectivity index is 1.82. The second kappa shape index (κ2) is 7.62. The second-order valence-electron chi connectivity index (χ2n) is 6.01. The van der Waals surface area contributed by atoms with Crippen molar-refractivity contribution in [1.82, 2.24) is 15.5 Å². The van der Waals surface area contributed by atoms with Gasteiger partial charge in [-0.3, -0.25) is 9.59 Å². The summed E-state index contributed by atoms with van der Waals surface area (Å²) in [5.41, 5.74) is 0. The molecule has 0 aromatic carbocycles. The van der Waals surface area contributed by atoms with Crippen molar-refractivity contribution in [3.05, 3.63) is 0 Å². The Kier molecular flexibility index (Phi) is 5.83. The molecule has 5 heteroatoms. The number of hydrogen-bond acceptors (Lipinski definition) is 3. The van der Waals surface area contributed by atoms with Crippen molar-refractivity contribution < 1.29 is 9.59 Å². The normalized spacial score (nSPS) is 27.8. The van der Waals surface area contributed by atoms with E-state index in [1.165, 1.54) is 6.42 Å². The zero-order valence-corrected chi connectivity index (χ0v) is 12.5. The number of amides is 2.